The van der Waals surface area contributed by atoms with E-state index in [0.717, 1.165) is 24.0 Å². The van der Waals surface area contributed by atoms with Crippen LogP contribution in [0.25, 0.3) is 5.57 Å². The molecular weight excluding hydrogens is 240 g/mol. The summed E-state index contributed by atoms with van der Waals surface area (Å²) in [5, 5.41) is 0. The molecule has 0 aromatic heterocycles. The van der Waals surface area contributed by atoms with Crippen LogP contribution < -0.4 is 0 Å². The minimum absolute atomic E-state index is 1.05. The minimum atomic E-state index is 1.05. The first kappa shape index (κ1) is 12.5. The average molecular weight is 256 g/mol. The molecule has 0 aliphatic heterocycles. The molecule has 0 unspecified atom stereocenters. The quantitative estimate of drug-likeness (QED) is 0.642. The molecule has 2 aromatic carbocycles. The highest BCUT2D eigenvalue weighted by molar-refractivity contribution is 5.78. The third-order valence-electron chi connectivity index (χ3n) is 3.35. The SMILES string of the molecule is C(#Cc1ccccc1C1=CCCC=C1)c1ccccc1. The minimum Gasteiger partial charge on any atom is -0.0836 e. The van der Waals surface area contributed by atoms with Crippen LogP contribution in [0, 0.1) is 11.8 Å². The third-order valence-corrected chi connectivity index (χ3v) is 3.35. The maximum absolute atomic E-state index is 3.30. The summed E-state index contributed by atoms with van der Waals surface area (Å²) in [6, 6.07) is 18.5. The Balaban J connectivity index is 1.97. The molecule has 0 spiro atoms. The van der Waals surface area contributed by atoms with E-state index in [-0.39, 0.29) is 0 Å². The average Bonchev–Trinajstić information content (AvgIpc) is 2.55. The fourth-order valence-electron chi connectivity index (χ4n) is 2.32. The van der Waals surface area contributed by atoms with Crippen molar-refractivity contribution >= 4 is 5.57 Å². The summed E-state index contributed by atoms with van der Waals surface area (Å²) < 4.78 is 0. The van der Waals surface area contributed by atoms with Gasteiger partial charge in [-0.15, -0.1) is 0 Å². The molecule has 3 rings (SSSR count). The molecule has 20 heavy (non-hydrogen) atoms. The molecule has 0 saturated heterocycles. The Morgan fingerprint density at radius 2 is 1.55 bits per heavy atom. The van der Waals surface area contributed by atoms with E-state index >= 15 is 0 Å². The van der Waals surface area contributed by atoms with Gasteiger partial charge in [-0.2, -0.15) is 0 Å². The van der Waals surface area contributed by atoms with Gasteiger partial charge < -0.3 is 0 Å². The lowest BCUT2D eigenvalue weighted by atomic mass is 9.95. The van der Waals surface area contributed by atoms with Gasteiger partial charge in [-0.25, -0.2) is 0 Å². The zero-order valence-corrected chi connectivity index (χ0v) is 11.3. The Hall–Kier alpha value is -2.52. The summed E-state index contributed by atoms with van der Waals surface area (Å²) >= 11 is 0. The van der Waals surface area contributed by atoms with Crippen LogP contribution in [-0.4, -0.2) is 0 Å². The van der Waals surface area contributed by atoms with Crippen LogP contribution in [0.5, 0.6) is 0 Å². The standard InChI is InChI=1S/C20H16/c1-3-9-17(10-4-1)15-16-19-13-7-8-14-20(19)18-11-5-2-6-12-18/h1,3-5,7-14H,2,6H2. The molecule has 1 aliphatic carbocycles. The van der Waals surface area contributed by atoms with Crippen LogP contribution >= 0.6 is 0 Å². The van der Waals surface area contributed by atoms with Crippen molar-refractivity contribution in [2.24, 2.45) is 0 Å². The van der Waals surface area contributed by atoms with E-state index in [1.807, 2.05) is 36.4 Å². The lowest BCUT2D eigenvalue weighted by Gasteiger charge is -2.09. The molecule has 2 aromatic rings. The lowest BCUT2D eigenvalue weighted by Crippen LogP contribution is -1.90. The van der Waals surface area contributed by atoms with Gasteiger partial charge in [0.15, 0.2) is 0 Å². The third kappa shape index (κ3) is 2.90. The van der Waals surface area contributed by atoms with Crippen molar-refractivity contribution in [3.63, 3.8) is 0 Å². The summed E-state index contributed by atoms with van der Waals surface area (Å²) in [4.78, 5) is 0. The zero-order valence-electron chi connectivity index (χ0n) is 11.3. The largest absolute Gasteiger partial charge is 0.0836 e. The maximum Gasteiger partial charge on any atom is 0.0327 e. The number of hydrogen-bond acceptors (Lipinski definition) is 0. The number of hydrogen-bond donors (Lipinski definition) is 0. The monoisotopic (exact) mass is 256 g/mol. The first-order valence-corrected chi connectivity index (χ1v) is 6.97. The second kappa shape index (κ2) is 6.08. The predicted molar refractivity (Wildman–Crippen MR) is 85.2 cm³/mol. The molecule has 0 nitrogen and oxygen atoms in total. The number of rotatable bonds is 1. The summed E-state index contributed by atoms with van der Waals surface area (Å²) in [5.41, 5.74) is 4.66. The van der Waals surface area contributed by atoms with Crippen molar-refractivity contribution in [3.8, 4) is 11.8 Å². The van der Waals surface area contributed by atoms with Gasteiger partial charge in [-0.1, -0.05) is 66.5 Å². The van der Waals surface area contributed by atoms with E-state index in [9.17, 15) is 0 Å². The van der Waals surface area contributed by atoms with Gasteiger partial charge in [0.1, 0.15) is 0 Å². The molecule has 0 heterocycles. The van der Waals surface area contributed by atoms with Gasteiger partial charge >= 0.3 is 0 Å². The van der Waals surface area contributed by atoms with E-state index in [0.29, 0.717) is 0 Å². The molecule has 0 saturated carbocycles. The van der Waals surface area contributed by atoms with E-state index in [4.69, 9.17) is 0 Å². The Kier molecular flexibility index (Phi) is 3.80. The summed E-state index contributed by atoms with van der Waals surface area (Å²) in [7, 11) is 0. The van der Waals surface area contributed by atoms with Crippen molar-refractivity contribution in [1.29, 1.82) is 0 Å². The summed E-state index contributed by atoms with van der Waals surface area (Å²) in [5.74, 6) is 6.54. The van der Waals surface area contributed by atoms with E-state index in [1.54, 1.807) is 0 Å². The van der Waals surface area contributed by atoms with Crippen molar-refractivity contribution in [3.05, 3.63) is 89.5 Å². The first-order chi connectivity index (χ1) is 9.93. The van der Waals surface area contributed by atoms with Gasteiger partial charge in [-0.05, 0) is 42.2 Å². The highest BCUT2D eigenvalue weighted by Crippen LogP contribution is 2.24. The fraction of sp³-hybridized carbons (Fsp3) is 0.100. The lowest BCUT2D eigenvalue weighted by molar-refractivity contribution is 1.04. The van der Waals surface area contributed by atoms with E-state index in [2.05, 4.69) is 48.3 Å². The van der Waals surface area contributed by atoms with Gasteiger partial charge in [0.05, 0.1) is 0 Å². The van der Waals surface area contributed by atoms with E-state index < -0.39 is 0 Å². The zero-order chi connectivity index (χ0) is 13.6. The molecular formula is C20H16. The second-order valence-corrected chi connectivity index (χ2v) is 4.80. The highest BCUT2D eigenvalue weighted by atomic mass is 14.1. The second-order valence-electron chi connectivity index (χ2n) is 4.80. The number of benzene rings is 2. The van der Waals surface area contributed by atoms with Crippen LogP contribution in [0.3, 0.4) is 0 Å². The van der Waals surface area contributed by atoms with Gasteiger partial charge in [0.25, 0.3) is 0 Å². The van der Waals surface area contributed by atoms with Crippen molar-refractivity contribution in [1.82, 2.24) is 0 Å². The summed E-state index contributed by atoms with van der Waals surface area (Å²) in [6.07, 6.45) is 8.99. The van der Waals surface area contributed by atoms with Crippen molar-refractivity contribution < 1.29 is 0 Å². The Morgan fingerprint density at radius 1 is 0.750 bits per heavy atom. The fourth-order valence-corrected chi connectivity index (χ4v) is 2.32. The van der Waals surface area contributed by atoms with E-state index in [1.165, 1.54) is 11.1 Å². The molecule has 0 fully saturated rings. The maximum atomic E-state index is 3.30. The predicted octanol–water partition coefficient (Wildman–Crippen LogP) is 4.82. The molecule has 0 radical (unpaired) electrons. The molecule has 0 N–H and O–H groups in total. The van der Waals surface area contributed by atoms with Gasteiger partial charge in [0.2, 0.25) is 0 Å². The van der Waals surface area contributed by atoms with Gasteiger partial charge in [0, 0.05) is 11.1 Å². The smallest absolute Gasteiger partial charge is 0.0327 e. The molecule has 1 aliphatic rings. The molecule has 0 atom stereocenters. The van der Waals surface area contributed by atoms with Gasteiger partial charge in [-0.3, -0.25) is 0 Å². The topological polar surface area (TPSA) is 0 Å². The highest BCUT2D eigenvalue weighted by Gasteiger charge is 2.04. The molecule has 0 bridgehead atoms. The summed E-state index contributed by atoms with van der Waals surface area (Å²) in [6.45, 7) is 0. The Labute approximate surface area is 120 Å². The van der Waals surface area contributed by atoms with Crippen molar-refractivity contribution in [2.75, 3.05) is 0 Å². The van der Waals surface area contributed by atoms with Crippen molar-refractivity contribution in [2.45, 2.75) is 12.8 Å². The molecule has 0 amide bonds. The molecule has 0 heteroatoms. The number of allylic oxidation sites excluding steroid dienone is 4. The van der Waals surface area contributed by atoms with Crippen LogP contribution in [0.4, 0.5) is 0 Å². The molecule has 96 valence electrons. The first-order valence-electron chi connectivity index (χ1n) is 6.97. The van der Waals surface area contributed by atoms with Crippen LogP contribution in [0.15, 0.2) is 72.8 Å². The normalized spacial score (nSPS) is 13.3. The Bertz CT molecular complexity index is 706. The van der Waals surface area contributed by atoms with Crippen LogP contribution in [0.1, 0.15) is 29.5 Å². The van der Waals surface area contributed by atoms with Crippen LogP contribution in [0.2, 0.25) is 0 Å². The Morgan fingerprint density at radius 3 is 2.35 bits per heavy atom. The van der Waals surface area contributed by atoms with Crippen LogP contribution in [-0.2, 0) is 0 Å².